The number of piperidine rings is 1. The molecule has 114 valence electrons. The van der Waals surface area contributed by atoms with Gasteiger partial charge in [0, 0.05) is 24.8 Å². The molecule has 1 aliphatic heterocycles. The van der Waals surface area contributed by atoms with E-state index in [9.17, 15) is 20.0 Å². The number of nitro groups is 1. The number of hydrogen-bond donors (Lipinski definition) is 1. The van der Waals surface area contributed by atoms with Gasteiger partial charge >= 0.3 is 5.97 Å². The van der Waals surface area contributed by atoms with Gasteiger partial charge in [0.25, 0.3) is 5.69 Å². The van der Waals surface area contributed by atoms with E-state index < -0.39 is 16.3 Å². The quantitative estimate of drug-likeness (QED) is 0.681. The van der Waals surface area contributed by atoms with Crippen molar-refractivity contribution in [1.29, 1.82) is 0 Å². The Balaban J connectivity index is 2.37. The van der Waals surface area contributed by atoms with Gasteiger partial charge in [-0.05, 0) is 32.3 Å². The van der Waals surface area contributed by atoms with Crippen LogP contribution in [-0.2, 0) is 4.79 Å². The van der Waals surface area contributed by atoms with Crippen molar-refractivity contribution in [2.75, 3.05) is 18.0 Å². The van der Waals surface area contributed by atoms with Crippen molar-refractivity contribution >= 4 is 17.3 Å². The zero-order chi connectivity index (χ0) is 15.6. The van der Waals surface area contributed by atoms with E-state index in [1.165, 1.54) is 6.07 Å². The summed E-state index contributed by atoms with van der Waals surface area (Å²) in [7, 11) is 0. The molecule has 0 bridgehead atoms. The molecule has 6 nitrogen and oxygen atoms in total. The highest BCUT2D eigenvalue weighted by Crippen LogP contribution is 2.38. The van der Waals surface area contributed by atoms with Crippen molar-refractivity contribution in [1.82, 2.24) is 0 Å². The van der Waals surface area contributed by atoms with Crippen LogP contribution in [0.2, 0.25) is 0 Å². The largest absolute Gasteiger partial charge is 0.481 e. The molecule has 6 heteroatoms. The fourth-order valence-corrected chi connectivity index (χ4v) is 3.10. The third-order valence-corrected chi connectivity index (χ3v) is 4.52. The standard InChI is InChI=1S/C15H20N2O4/c1-3-15(14(18)19)8-5-9-16(10-15)12-6-4-7-13(11(12)2)17(20)21/h4,6-7H,3,5,8-10H2,1-2H3,(H,18,19). The number of anilines is 1. The number of carboxylic acids is 1. The zero-order valence-electron chi connectivity index (χ0n) is 12.3. The van der Waals surface area contributed by atoms with E-state index in [1.807, 2.05) is 17.9 Å². The second kappa shape index (κ2) is 5.71. The van der Waals surface area contributed by atoms with Crippen LogP contribution in [0.15, 0.2) is 18.2 Å². The van der Waals surface area contributed by atoms with Crippen LogP contribution in [0.4, 0.5) is 11.4 Å². The number of aliphatic carboxylic acids is 1. The Labute approximate surface area is 123 Å². The lowest BCUT2D eigenvalue weighted by Gasteiger charge is -2.41. The molecule has 1 aromatic rings. The lowest BCUT2D eigenvalue weighted by atomic mass is 9.77. The zero-order valence-corrected chi connectivity index (χ0v) is 12.3. The summed E-state index contributed by atoms with van der Waals surface area (Å²) in [5.41, 5.74) is 0.688. The van der Waals surface area contributed by atoms with E-state index in [-0.39, 0.29) is 5.69 Å². The van der Waals surface area contributed by atoms with Gasteiger partial charge in [0.05, 0.1) is 15.9 Å². The molecule has 0 saturated carbocycles. The van der Waals surface area contributed by atoms with E-state index in [0.29, 0.717) is 24.9 Å². The molecule has 1 heterocycles. The third kappa shape index (κ3) is 2.70. The number of rotatable bonds is 4. The van der Waals surface area contributed by atoms with E-state index in [4.69, 9.17) is 0 Å². The molecule has 0 amide bonds. The SMILES string of the molecule is CCC1(C(=O)O)CCCN(c2cccc([N+](=O)[O-])c2C)C1. The summed E-state index contributed by atoms with van der Waals surface area (Å²) in [4.78, 5) is 24.2. The summed E-state index contributed by atoms with van der Waals surface area (Å²) < 4.78 is 0. The molecule has 1 fully saturated rings. The number of benzene rings is 1. The lowest BCUT2D eigenvalue weighted by molar-refractivity contribution is -0.385. The highest BCUT2D eigenvalue weighted by atomic mass is 16.6. The van der Waals surface area contributed by atoms with Gasteiger partial charge in [-0.1, -0.05) is 13.0 Å². The van der Waals surface area contributed by atoms with Gasteiger partial charge in [-0.2, -0.15) is 0 Å². The third-order valence-electron chi connectivity index (χ3n) is 4.52. The Morgan fingerprint density at radius 1 is 1.52 bits per heavy atom. The molecule has 1 atom stereocenters. The monoisotopic (exact) mass is 292 g/mol. The Hall–Kier alpha value is -2.11. The van der Waals surface area contributed by atoms with Gasteiger partial charge in [-0.3, -0.25) is 14.9 Å². The molecule has 0 aliphatic carbocycles. The minimum Gasteiger partial charge on any atom is -0.481 e. The first-order valence-electron chi connectivity index (χ1n) is 7.13. The number of nitro benzene ring substituents is 1. The maximum atomic E-state index is 11.6. The number of nitrogens with zero attached hydrogens (tertiary/aromatic N) is 2. The molecule has 21 heavy (non-hydrogen) atoms. The van der Waals surface area contributed by atoms with Crippen LogP contribution in [0, 0.1) is 22.5 Å². The fourth-order valence-electron chi connectivity index (χ4n) is 3.10. The van der Waals surface area contributed by atoms with E-state index in [0.717, 1.165) is 18.7 Å². The first-order chi connectivity index (χ1) is 9.91. The molecule has 1 aromatic carbocycles. The second-order valence-electron chi connectivity index (χ2n) is 5.64. The fraction of sp³-hybridized carbons (Fsp3) is 0.533. The van der Waals surface area contributed by atoms with Crippen molar-refractivity contribution < 1.29 is 14.8 Å². The average molecular weight is 292 g/mol. The van der Waals surface area contributed by atoms with Crippen molar-refractivity contribution in [3.8, 4) is 0 Å². The van der Waals surface area contributed by atoms with Crippen LogP contribution in [0.25, 0.3) is 0 Å². The number of hydrogen-bond acceptors (Lipinski definition) is 4. The topological polar surface area (TPSA) is 83.7 Å². The molecule has 0 spiro atoms. The van der Waals surface area contributed by atoms with E-state index in [2.05, 4.69) is 0 Å². The van der Waals surface area contributed by atoms with Crippen LogP contribution < -0.4 is 4.90 Å². The predicted molar refractivity (Wildman–Crippen MR) is 79.6 cm³/mol. The Morgan fingerprint density at radius 2 is 2.24 bits per heavy atom. The molecule has 1 N–H and O–H groups in total. The number of carbonyl (C=O) groups is 1. The predicted octanol–water partition coefficient (Wildman–Crippen LogP) is 2.98. The molecular weight excluding hydrogens is 272 g/mol. The minimum absolute atomic E-state index is 0.0792. The van der Waals surface area contributed by atoms with Crippen molar-refractivity contribution in [2.24, 2.45) is 5.41 Å². The first kappa shape index (κ1) is 15.3. The van der Waals surface area contributed by atoms with E-state index in [1.54, 1.807) is 13.0 Å². The van der Waals surface area contributed by atoms with Crippen molar-refractivity contribution in [2.45, 2.75) is 33.1 Å². The molecule has 1 aliphatic rings. The molecule has 2 rings (SSSR count). The minimum atomic E-state index is -0.780. The summed E-state index contributed by atoms with van der Waals surface area (Å²) in [6.07, 6.45) is 2.00. The Bertz CT molecular complexity index is 573. The summed E-state index contributed by atoms with van der Waals surface area (Å²) in [5, 5.41) is 20.6. The number of carboxylic acid groups (broad SMARTS) is 1. The van der Waals surface area contributed by atoms with Crippen LogP contribution in [-0.4, -0.2) is 29.1 Å². The highest BCUT2D eigenvalue weighted by molar-refractivity contribution is 5.76. The highest BCUT2D eigenvalue weighted by Gasteiger charge is 2.41. The average Bonchev–Trinajstić information content (AvgIpc) is 2.47. The Morgan fingerprint density at radius 3 is 2.81 bits per heavy atom. The van der Waals surface area contributed by atoms with Gasteiger partial charge in [-0.15, -0.1) is 0 Å². The van der Waals surface area contributed by atoms with Crippen LogP contribution in [0.5, 0.6) is 0 Å². The summed E-state index contributed by atoms with van der Waals surface area (Å²) in [6, 6.07) is 4.96. The first-order valence-corrected chi connectivity index (χ1v) is 7.13. The van der Waals surface area contributed by atoms with Crippen LogP contribution in [0.3, 0.4) is 0 Å². The normalized spacial score (nSPS) is 22.1. The van der Waals surface area contributed by atoms with Gasteiger partial charge < -0.3 is 10.0 Å². The summed E-state index contributed by atoms with van der Waals surface area (Å²) >= 11 is 0. The van der Waals surface area contributed by atoms with Gasteiger partial charge in [0.15, 0.2) is 0 Å². The summed E-state index contributed by atoms with van der Waals surface area (Å²) in [6.45, 7) is 4.74. The lowest BCUT2D eigenvalue weighted by Crippen LogP contribution is -2.47. The Kier molecular flexibility index (Phi) is 4.16. The molecule has 1 saturated heterocycles. The summed E-state index contributed by atoms with van der Waals surface area (Å²) in [5.74, 6) is -0.780. The molecule has 0 aromatic heterocycles. The maximum Gasteiger partial charge on any atom is 0.311 e. The van der Waals surface area contributed by atoms with Crippen LogP contribution >= 0.6 is 0 Å². The molecular formula is C15H20N2O4. The van der Waals surface area contributed by atoms with E-state index >= 15 is 0 Å². The molecule has 1 unspecified atom stereocenters. The smallest absolute Gasteiger partial charge is 0.311 e. The second-order valence-corrected chi connectivity index (χ2v) is 5.64. The van der Waals surface area contributed by atoms with Crippen LogP contribution in [0.1, 0.15) is 31.7 Å². The van der Waals surface area contributed by atoms with Gasteiger partial charge in [0.1, 0.15) is 0 Å². The van der Waals surface area contributed by atoms with Gasteiger partial charge in [-0.25, -0.2) is 0 Å². The van der Waals surface area contributed by atoms with Gasteiger partial charge in [0.2, 0.25) is 0 Å². The maximum absolute atomic E-state index is 11.6. The van der Waals surface area contributed by atoms with Crippen molar-refractivity contribution in [3.63, 3.8) is 0 Å². The van der Waals surface area contributed by atoms with Crippen molar-refractivity contribution in [3.05, 3.63) is 33.9 Å². The molecule has 0 radical (unpaired) electrons.